The monoisotopic (exact) mass is 321 g/mol. The molecular weight excluding hydrogens is 298 g/mol. The van der Waals surface area contributed by atoms with Crippen LogP contribution in [-0.2, 0) is 12.8 Å². The van der Waals surface area contributed by atoms with Crippen LogP contribution in [0.5, 0.6) is 0 Å². The number of fused-ring (bicyclic) bond motifs is 1. The van der Waals surface area contributed by atoms with Gasteiger partial charge in [0.2, 0.25) is 5.12 Å². The molecule has 0 N–H and O–H groups in total. The molecule has 2 aromatic rings. The highest BCUT2D eigenvalue weighted by Gasteiger charge is 2.21. The number of carbonyl (C=O) groups is 1. The molecule has 0 amide bonds. The van der Waals surface area contributed by atoms with Gasteiger partial charge in [-0.2, -0.15) is 0 Å². The third-order valence-corrected chi connectivity index (χ3v) is 5.62. The van der Waals surface area contributed by atoms with Crippen molar-refractivity contribution in [2.45, 2.75) is 59.1 Å². The molecule has 0 spiro atoms. The van der Waals surface area contributed by atoms with Gasteiger partial charge in [-0.05, 0) is 37.0 Å². The summed E-state index contributed by atoms with van der Waals surface area (Å²) in [5.41, 5.74) is 3.80. The molecule has 0 radical (unpaired) electrons. The minimum absolute atomic E-state index is 0.0567. The van der Waals surface area contributed by atoms with Crippen LogP contribution < -0.4 is 0 Å². The lowest BCUT2D eigenvalue weighted by Crippen LogP contribution is -2.11. The highest BCUT2D eigenvalue weighted by atomic mass is 32.2. The maximum atomic E-state index is 12.4. The van der Waals surface area contributed by atoms with Gasteiger partial charge in [-0.1, -0.05) is 46.4 Å². The summed E-state index contributed by atoms with van der Waals surface area (Å²) in [5.74, 6) is 0. The molecule has 2 nitrogen and oxygen atoms in total. The lowest BCUT2D eigenvalue weighted by molar-refractivity contribution is 0.109. The van der Waals surface area contributed by atoms with E-state index in [9.17, 15) is 4.79 Å². The number of aromatic nitrogens is 1. The smallest absolute Gasteiger partial charge is 0.229 e. The number of thioether (sulfide) groups is 1. The molecule has 0 unspecified atom stereocenters. The summed E-state index contributed by atoms with van der Waals surface area (Å²) >= 11 is 2.92. The summed E-state index contributed by atoms with van der Waals surface area (Å²) in [6.45, 7) is 12.7. The Hall–Kier alpha value is -0.870. The van der Waals surface area contributed by atoms with Crippen molar-refractivity contribution in [3.63, 3.8) is 0 Å². The second-order valence-corrected chi connectivity index (χ2v) is 9.03. The Bertz CT molecular complexity index is 680. The average Bonchev–Trinajstić information content (AvgIpc) is 2.81. The molecule has 2 heterocycles. The number of thiophene rings is 1. The average molecular weight is 322 g/mol. The Morgan fingerprint density at radius 3 is 2.48 bits per heavy atom. The Balaban J connectivity index is 2.51. The summed E-state index contributed by atoms with van der Waals surface area (Å²) in [6.07, 6.45) is 1.94. The quantitative estimate of drug-likeness (QED) is 0.758. The van der Waals surface area contributed by atoms with E-state index in [1.54, 1.807) is 0 Å². The molecule has 2 rings (SSSR count). The van der Waals surface area contributed by atoms with Crippen molar-refractivity contribution < 1.29 is 4.79 Å². The van der Waals surface area contributed by atoms with Crippen molar-refractivity contribution >= 4 is 38.4 Å². The number of nitrogens with zero attached hydrogens (tertiary/aromatic N) is 1. The Kier molecular flexibility index (Phi) is 4.79. The van der Waals surface area contributed by atoms with E-state index >= 15 is 0 Å². The van der Waals surface area contributed by atoms with Gasteiger partial charge in [0, 0.05) is 15.8 Å². The Morgan fingerprint density at radius 2 is 1.95 bits per heavy atom. The lowest BCUT2D eigenvalue weighted by Gasteiger charge is -2.14. The number of rotatable bonds is 3. The first kappa shape index (κ1) is 16.5. The van der Waals surface area contributed by atoms with Crippen LogP contribution in [-0.4, -0.2) is 14.8 Å². The Labute approximate surface area is 135 Å². The van der Waals surface area contributed by atoms with E-state index in [0.29, 0.717) is 0 Å². The standard InChI is InChI=1S/C17H23NOS2/c1-7-11-10(3)12-9-14(16(19)21-17(4,5)6)20-15(12)18-13(11)8-2/h9H,7-8H2,1-6H3. The van der Waals surface area contributed by atoms with Gasteiger partial charge < -0.3 is 0 Å². The van der Waals surface area contributed by atoms with Crippen LogP contribution in [0, 0.1) is 6.92 Å². The second kappa shape index (κ2) is 6.09. The SMILES string of the molecule is CCc1nc2sc(C(=O)SC(C)(C)C)cc2c(C)c1CC. The summed E-state index contributed by atoms with van der Waals surface area (Å²) in [4.78, 5) is 19.0. The third kappa shape index (κ3) is 3.49. The first-order valence-corrected chi connectivity index (χ1v) is 9.05. The molecule has 0 saturated heterocycles. The predicted molar refractivity (Wildman–Crippen MR) is 94.8 cm³/mol. The zero-order chi connectivity index (χ0) is 15.8. The van der Waals surface area contributed by atoms with Crippen LogP contribution in [0.1, 0.15) is 61.1 Å². The molecule has 0 aromatic carbocycles. The predicted octanol–water partition coefficient (Wildman–Crippen LogP) is 5.40. The number of pyridine rings is 1. The summed E-state index contributed by atoms with van der Waals surface area (Å²) in [6, 6.07) is 2.03. The molecule has 0 bridgehead atoms. The van der Waals surface area contributed by atoms with Crippen molar-refractivity contribution in [1.82, 2.24) is 4.98 Å². The molecule has 0 fully saturated rings. The fourth-order valence-corrected chi connectivity index (χ4v) is 4.40. The van der Waals surface area contributed by atoms with Crippen molar-refractivity contribution in [1.29, 1.82) is 0 Å². The van der Waals surface area contributed by atoms with Gasteiger partial charge in [0.15, 0.2) is 0 Å². The Morgan fingerprint density at radius 1 is 1.29 bits per heavy atom. The summed E-state index contributed by atoms with van der Waals surface area (Å²) in [5, 5.41) is 1.30. The van der Waals surface area contributed by atoms with E-state index in [4.69, 9.17) is 4.98 Å². The van der Waals surface area contributed by atoms with Crippen LogP contribution in [0.4, 0.5) is 0 Å². The zero-order valence-corrected chi connectivity index (χ0v) is 15.3. The fourth-order valence-electron chi connectivity index (χ4n) is 2.49. The van der Waals surface area contributed by atoms with Gasteiger partial charge in [-0.3, -0.25) is 4.79 Å². The van der Waals surface area contributed by atoms with Crippen LogP contribution >= 0.6 is 23.1 Å². The molecule has 0 aliphatic rings. The lowest BCUT2D eigenvalue weighted by atomic mass is 10.0. The first-order chi connectivity index (χ1) is 9.76. The number of carbonyl (C=O) groups excluding carboxylic acids is 1. The van der Waals surface area contributed by atoms with Crippen molar-refractivity contribution in [3.8, 4) is 0 Å². The van der Waals surface area contributed by atoms with Gasteiger partial charge in [0.05, 0.1) is 4.88 Å². The number of aryl methyl sites for hydroxylation is 2. The molecule has 21 heavy (non-hydrogen) atoms. The molecule has 0 aliphatic carbocycles. The largest absolute Gasteiger partial charge is 0.281 e. The molecule has 4 heteroatoms. The van der Waals surface area contributed by atoms with E-state index in [1.165, 1.54) is 39.9 Å². The van der Waals surface area contributed by atoms with Gasteiger partial charge in [-0.25, -0.2) is 4.98 Å². The first-order valence-electron chi connectivity index (χ1n) is 7.42. The third-order valence-electron chi connectivity index (χ3n) is 3.44. The molecule has 114 valence electrons. The van der Waals surface area contributed by atoms with E-state index in [-0.39, 0.29) is 9.86 Å². The molecular formula is C17H23NOS2. The summed E-state index contributed by atoms with van der Waals surface area (Å²) < 4.78 is -0.0567. The van der Waals surface area contributed by atoms with Crippen LogP contribution in [0.2, 0.25) is 0 Å². The minimum atomic E-state index is -0.0567. The van der Waals surface area contributed by atoms with Crippen molar-refractivity contribution in [2.24, 2.45) is 0 Å². The van der Waals surface area contributed by atoms with Gasteiger partial charge in [-0.15, -0.1) is 11.3 Å². The van der Waals surface area contributed by atoms with Crippen LogP contribution in [0.3, 0.4) is 0 Å². The maximum absolute atomic E-state index is 12.4. The van der Waals surface area contributed by atoms with Gasteiger partial charge >= 0.3 is 0 Å². The second-order valence-electron chi connectivity index (χ2n) is 6.20. The topological polar surface area (TPSA) is 30.0 Å². The van der Waals surface area contributed by atoms with E-state index < -0.39 is 0 Å². The zero-order valence-electron chi connectivity index (χ0n) is 13.7. The van der Waals surface area contributed by atoms with Gasteiger partial charge in [0.25, 0.3) is 0 Å². The van der Waals surface area contributed by atoms with E-state index in [1.807, 2.05) is 6.07 Å². The minimum Gasteiger partial charge on any atom is -0.281 e. The molecule has 0 atom stereocenters. The molecule has 2 aromatic heterocycles. The van der Waals surface area contributed by atoms with E-state index in [2.05, 4.69) is 41.5 Å². The van der Waals surface area contributed by atoms with E-state index in [0.717, 1.165) is 27.9 Å². The maximum Gasteiger partial charge on any atom is 0.229 e. The number of hydrogen-bond acceptors (Lipinski definition) is 4. The van der Waals surface area contributed by atoms with Crippen LogP contribution in [0.15, 0.2) is 6.07 Å². The van der Waals surface area contributed by atoms with Crippen molar-refractivity contribution in [2.75, 3.05) is 0 Å². The van der Waals surface area contributed by atoms with Gasteiger partial charge in [0.1, 0.15) is 4.83 Å². The van der Waals surface area contributed by atoms with Crippen molar-refractivity contribution in [3.05, 3.63) is 27.8 Å². The molecule has 0 aliphatic heterocycles. The summed E-state index contributed by atoms with van der Waals surface area (Å²) in [7, 11) is 0. The normalized spacial score (nSPS) is 12.1. The fraction of sp³-hybridized carbons (Fsp3) is 0.529. The van der Waals surface area contributed by atoms with Crippen LogP contribution in [0.25, 0.3) is 10.2 Å². The highest BCUT2D eigenvalue weighted by Crippen LogP contribution is 2.35. The number of hydrogen-bond donors (Lipinski definition) is 0. The highest BCUT2D eigenvalue weighted by molar-refractivity contribution is 8.15. The molecule has 0 saturated carbocycles.